The first kappa shape index (κ1) is 23.7. The number of hydrogen-bond donors (Lipinski definition) is 1. The third kappa shape index (κ3) is 6.19. The maximum absolute atomic E-state index is 14.5. The molecule has 3 rings (SSSR count). The number of likely N-dealkylation sites (tertiary alicyclic amines) is 1. The molecular formula is C19H21ClF4N4O2. The highest BCUT2D eigenvalue weighted by molar-refractivity contribution is 5.85. The number of carbonyl (C=O) groups is 1. The molecule has 1 aliphatic heterocycles. The third-order valence-electron chi connectivity index (χ3n) is 4.71. The molecule has 30 heavy (non-hydrogen) atoms. The molecule has 1 fully saturated rings. The van der Waals surface area contributed by atoms with Crippen molar-refractivity contribution in [2.75, 3.05) is 25.0 Å². The number of piperidine rings is 1. The molecule has 6 nitrogen and oxygen atoms in total. The van der Waals surface area contributed by atoms with E-state index in [1.807, 2.05) is 0 Å². The number of halogens is 5. The van der Waals surface area contributed by atoms with Gasteiger partial charge in [-0.2, -0.15) is 0 Å². The highest BCUT2D eigenvalue weighted by Crippen LogP contribution is 2.33. The van der Waals surface area contributed by atoms with Crippen LogP contribution in [0.2, 0.25) is 0 Å². The monoisotopic (exact) mass is 448 g/mol. The van der Waals surface area contributed by atoms with Gasteiger partial charge in [-0.25, -0.2) is 32.3 Å². The summed E-state index contributed by atoms with van der Waals surface area (Å²) in [5, 5.41) is 2.85. The molecule has 164 valence electrons. The van der Waals surface area contributed by atoms with E-state index in [4.69, 9.17) is 4.74 Å². The van der Waals surface area contributed by atoms with E-state index < -0.39 is 30.9 Å². The summed E-state index contributed by atoms with van der Waals surface area (Å²) in [5.74, 6) is -3.59. The van der Waals surface area contributed by atoms with Crippen LogP contribution in [-0.4, -0.2) is 46.5 Å². The van der Waals surface area contributed by atoms with E-state index in [9.17, 15) is 22.4 Å². The van der Waals surface area contributed by atoms with Crippen LogP contribution in [0.25, 0.3) is 0 Å². The lowest BCUT2D eigenvalue weighted by atomic mass is 9.93. The summed E-state index contributed by atoms with van der Waals surface area (Å²) in [7, 11) is 0. The summed E-state index contributed by atoms with van der Waals surface area (Å²) >= 11 is 0. The van der Waals surface area contributed by atoms with E-state index in [-0.39, 0.29) is 44.1 Å². The van der Waals surface area contributed by atoms with Gasteiger partial charge in [0.1, 0.15) is 18.8 Å². The van der Waals surface area contributed by atoms with E-state index in [2.05, 4.69) is 15.3 Å². The van der Waals surface area contributed by atoms with E-state index in [1.54, 1.807) is 6.07 Å². The second kappa shape index (κ2) is 10.4. The number of alkyl halides is 4. The summed E-state index contributed by atoms with van der Waals surface area (Å²) in [4.78, 5) is 20.8. The number of carbonyl (C=O) groups excluding carboxylic acids is 1. The molecule has 1 amide bonds. The minimum atomic E-state index is -3.09. The van der Waals surface area contributed by atoms with Crippen LogP contribution in [0, 0.1) is 5.92 Å². The summed E-state index contributed by atoms with van der Waals surface area (Å²) in [6.07, 6.45) is -0.514. The smallest absolute Gasteiger partial charge is 0.410 e. The number of amides is 1. The lowest BCUT2D eigenvalue weighted by Gasteiger charge is -2.37. The first-order valence-electron chi connectivity index (χ1n) is 9.01. The zero-order chi connectivity index (χ0) is 20.9. The number of benzene rings is 1. The predicted octanol–water partition coefficient (Wildman–Crippen LogP) is 4.54. The standard InChI is InChI=1S/C19H20F4N4O2.ClH/c20-17(21)14-3-1-13(2-4-14)10-29-18(28)27-8-6-15(19(22,23)11-27)9-25-16-5-7-24-12-26-16;/h1-5,7,12,15,17H,6,8-11H2,(H,24,25,26);1H/t15-;/m1./s1. The van der Waals surface area contributed by atoms with Crippen molar-refractivity contribution in [1.29, 1.82) is 0 Å². The number of nitrogens with one attached hydrogen (secondary N) is 1. The summed E-state index contributed by atoms with van der Waals surface area (Å²) in [5.41, 5.74) is 0.357. The van der Waals surface area contributed by atoms with Crippen molar-refractivity contribution in [3.05, 3.63) is 54.0 Å². The van der Waals surface area contributed by atoms with Gasteiger partial charge in [-0.3, -0.25) is 0 Å². The van der Waals surface area contributed by atoms with Gasteiger partial charge in [0.2, 0.25) is 0 Å². The van der Waals surface area contributed by atoms with Crippen LogP contribution in [0.3, 0.4) is 0 Å². The van der Waals surface area contributed by atoms with Crippen molar-refractivity contribution < 1.29 is 27.1 Å². The zero-order valence-corrected chi connectivity index (χ0v) is 16.6. The quantitative estimate of drug-likeness (QED) is 0.657. The Kier molecular flexibility index (Phi) is 8.22. The fourth-order valence-electron chi connectivity index (χ4n) is 3.01. The zero-order valence-electron chi connectivity index (χ0n) is 15.8. The van der Waals surface area contributed by atoms with Gasteiger partial charge < -0.3 is 15.0 Å². The Labute approximate surface area is 177 Å². The second-order valence-corrected chi connectivity index (χ2v) is 6.74. The number of rotatable bonds is 6. The summed E-state index contributed by atoms with van der Waals surface area (Å²) < 4.78 is 59.1. The molecule has 11 heteroatoms. The number of aromatic nitrogens is 2. The van der Waals surface area contributed by atoms with Gasteiger partial charge in [0.05, 0.1) is 6.54 Å². The van der Waals surface area contributed by atoms with Crippen LogP contribution in [0.5, 0.6) is 0 Å². The van der Waals surface area contributed by atoms with E-state index in [1.165, 1.54) is 36.8 Å². The lowest BCUT2D eigenvalue weighted by Crippen LogP contribution is -2.52. The number of hydrogen-bond acceptors (Lipinski definition) is 5. The van der Waals surface area contributed by atoms with Gasteiger partial charge in [-0.1, -0.05) is 24.3 Å². The minimum absolute atomic E-state index is 0. The van der Waals surface area contributed by atoms with Gasteiger partial charge in [0.25, 0.3) is 12.3 Å². The molecule has 1 saturated heterocycles. The highest BCUT2D eigenvalue weighted by atomic mass is 35.5. The van der Waals surface area contributed by atoms with Crippen LogP contribution >= 0.6 is 12.4 Å². The first-order valence-corrected chi connectivity index (χ1v) is 9.01. The van der Waals surface area contributed by atoms with E-state index in [0.29, 0.717) is 11.4 Å². The first-order chi connectivity index (χ1) is 13.8. The van der Waals surface area contributed by atoms with Crippen LogP contribution in [0.15, 0.2) is 42.9 Å². The fourth-order valence-corrected chi connectivity index (χ4v) is 3.01. The molecule has 1 atom stereocenters. The number of anilines is 1. The van der Waals surface area contributed by atoms with Gasteiger partial charge in [-0.05, 0) is 18.1 Å². The predicted molar refractivity (Wildman–Crippen MR) is 104 cm³/mol. The average Bonchev–Trinajstić information content (AvgIpc) is 2.71. The molecule has 0 radical (unpaired) electrons. The van der Waals surface area contributed by atoms with Crippen LogP contribution in [0.1, 0.15) is 24.0 Å². The van der Waals surface area contributed by atoms with Crippen LogP contribution in [0.4, 0.5) is 28.2 Å². The molecule has 0 unspecified atom stereocenters. The molecule has 1 N–H and O–H groups in total. The highest BCUT2D eigenvalue weighted by Gasteiger charge is 2.46. The summed E-state index contributed by atoms with van der Waals surface area (Å²) in [6.45, 7) is -0.770. The fraction of sp³-hybridized carbons (Fsp3) is 0.421. The average molecular weight is 449 g/mol. The van der Waals surface area contributed by atoms with Crippen molar-refractivity contribution in [2.45, 2.75) is 25.4 Å². The topological polar surface area (TPSA) is 67.3 Å². The summed E-state index contributed by atoms with van der Waals surface area (Å²) in [6, 6.07) is 6.87. The van der Waals surface area contributed by atoms with Gasteiger partial charge in [0, 0.05) is 30.8 Å². The van der Waals surface area contributed by atoms with E-state index in [0.717, 1.165) is 4.90 Å². The number of nitrogens with zero attached hydrogens (tertiary/aromatic N) is 3. The molecule has 0 spiro atoms. The van der Waals surface area contributed by atoms with Crippen molar-refractivity contribution in [3.63, 3.8) is 0 Å². The van der Waals surface area contributed by atoms with Crippen molar-refractivity contribution in [3.8, 4) is 0 Å². The van der Waals surface area contributed by atoms with Crippen LogP contribution in [-0.2, 0) is 11.3 Å². The molecule has 0 aliphatic carbocycles. The Hall–Kier alpha value is -2.62. The van der Waals surface area contributed by atoms with Gasteiger partial charge in [-0.15, -0.1) is 12.4 Å². The van der Waals surface area contributed by atoms with Crippen LogP contribution < -0.4 is 5.32 Å². The second-order valence-electron chi connectivity index (χ2n) is 6.74. The van der Waals surface area contributed by atoms with Gasteiger partial charge in [0.15, 0.2) is 0 Å². The van der Waals surface area contributed by atoms with E-state index >= 15 is 0 Å². The molecule has 1 aliphatic rings. The molecule has 0 saturated carbocycles. The van der Waals surface area contributed by atoms with Crippen molar-refractivity contribution in [2.24, 2.45) is 5.92 Å². The lowest BCUT2D eigenvalue weighted by molar-refractivity contribution is -0.101. The Bertz CT molecular complexity index is 812. The normalized spacial score (nSPS) is 17.9. The third-order valence-corrected chi connectivity index (χ3v) is 4.71. The van der Waals surface area contributed by atoms with Crippen molar-refractivity contribution in [1.82, 2.24) is 14.9 Å². The molecule has 1 aromatic heterocycles. The number of ether oxygens (including phenoxy) is 1. The Morgan fingerprint density at radius 2 is 2.00 bits per heavy atom. The minimum Gasteiger partial charge on any atom is -0.445 e. The maximum atomic E-state index is 14.5. The SMILES string of the molecule is Cl.O=C(OCc1ccc(C(F)F)cc1)N1CC[C@H](CNc2ccncn2)C(F)(F)C1. The van der Waals surface area contributed by atoms with Gasteiger partial charge >= 0.3 is 6.09 Å². The molecule has 0 bridgehead atoms. The molecule has 2 aromatic rings. The Morgan fingerprint density at radius 3 is 2.60 bits per heavy atom. The molecule has 2 heterocycles. The Morgan fingerprint density at radius 1 is 1.27 bits per heavy atom. The van der Waals surface area contributed by atoms with Crippen molar-refractivity contribution >= 4 is 24.3 Å². The molecular weight excluding hydrogens is 428 g/mol. The largest absolute Gasteiger partial charge is 0.445 e. The Balaban J connectivity index is 0.00000320. The maximum Gasteiger partial charge on any atom is 0.410 e. The molecule has 1 aromatic carbocycles.